The number of carbonyl (C=O) groups excluding carboxylic acids is 2. The molecule has 7 heteroatoms. The molecule has 1 aromatic heterocycles. The molecule has 1 aromatic carbocycles. The standard InChI is InChI=1S/C22H24N2O5/c1-14-11-16(8-7-15-5-3-2-4-6-15)29-22(27)20(14)21(26)24-10-9-18-17(12-24)23-19(25)13-28-18/h2-6,11,17-18H,7-10,12-13H2,1H3,(H,23,25)/t17-,18+/m0/s1. The van der Waals surface area contributed by atoms with Crippen LogP contribution in [0.1, 0.15) is 33.7 Å². The van der Waals surface area contributed by atoms with Gasteiger partial charge in [0, 0.05) is 19.5 Å². The predicted octanol–water partition coefficient (Wildman–Crippen LogP) is 1.46. The van der Waals surface area contributed by atoms with E-state index in [1.807, 2.05) is 30.3 Å². The van der Waals surface area contributed by atoms with Gasteiger partial charge in [-0.1, -0.05) is 30.3 Å². The Morgan fingerprint density at radius 1 is 1.21 bits per heavy atom. The lowest BCUT2D eigenvalue weighted by molar-refractivity contribution is -0.139. The number of aryl methyl sites for hydroxylation is 3. The van der Waals surface area contributed by atoms with E-state index in [-0.39, 0.29) is 36.1 Å². The van der Waals surface area contributed by atoms with Gasteiger partial charge in [-0.05, 0) is 37.0 Å². The zero-order valence-electron chi connectivity index (χ0n) is 16.3. The van der Waals surface area contributed by atoms with Gasteiger partial charge in [-0.3, -0.25) is 9.59 Å². The normalized spacial score (nSPS) is 21.4. The molecule has 2 aliphatic rings. The largest absolute Gasteiger partial charge is 0.427 e. The molecule has 2 saturated heterocycles. The summed E-state index contributed by atoms with van der Waals surface area (Å²) < 4.78 is 11.0. The van der Waals surface area contributed by atoms with Crippen molar-refractivity contribution in [3.63, 3.8) is 0 Å². The topological polar surface area (TPSA) is 88.8 Å². The van der Waals surface area contributed by atoms with Gasteiger partial charge in [0.25, 0.3) is 5.91 Å². The zero-order valence-corrected chi connectivity index (χ0v) is 16.3. The van der Waals surface area contributed by atoms with E-state index in [0.717, 1.165) is 12.0 Å². The lowest BCUT2D eigenvalue weighted by atomic mass is 9.99. The van der Waals surface area contributed by atoms with Crippen LogP contribution in [0, 0.1) is 6.92 Å². The Hall–Kier alpha value is -2.93. The molecule has 29 heavy (non-hydrogen) atoms. The van der Waals surface area contributed by atoms with Crippen molar-refractivity contribution < 1.29 is 18.7 Å². The number of nitrogens with one attached hydrogen (secondary N) is 1. The van der Waals surface area contributed by atoms with Gasteiger partial charge in [-0.2, -0.15) is 0 Å². The molecule has 0 unspecified atom stereocenters. The third-order valence-corrected chi connectivity index (χ3v) is 5.53. The number of hydrogen-bond donors (Lipinski definition) is 1. The molecule has 2 atom stereocenters. The molecule has 0 aliphatic carbocycles. The second-order valence-electron chi connectivity index (χ2n) is 7.61. The average molecular weight is 396 g/mol. The van der Waals surface area contributed by atoms with Gasteiger partial charge in [-0.15, -0.1) is 0 Å². The molecule has 7 nitrogen and oxygen atoms in total. The summed E-state index contributed by atoms with van der Waals surface area (Å²) in [6, 6.07) is 11.5. The Morgan fingerprint density at radius 2 is 2.00 bits per heavy atom. The van der Waals surface area contributed by atoms with E-state index < -0.39 is 5.63 Å². The lowest BCUT2D eigenvalue weighted by Crippen LogP contribution is -2.61. The summed E-state index contributed by atoms with van der Waals surface area (Å²) in [6.45, 7) is 2.62. The maximum absolute atomic E-state index is 13.0. The fourth-order valence-corrected chi connectivity index (χ4v) is 4.01. The van der Waals surface area contributed by atoms with E-state index in [9.17, 15) is 14.4 Å². The van der Waals surface area contributed by atoms with E-state index >= 15 is 0 Å². The zero-order chi connectivity index (χ0) is 20.4. The van der Waals surface area contributed by atoms with Crippen LogP contribution in [0.2, 0.25) is 0 Å². The van der Waals surface area contributed by atoms with Crippen molar-refractivity contribution in [1.82, 2.24) is 10.2 Å². The van der Waals surface area contributed by atoms with Gasteiger partial charge >= 0.3 is 5.63 Å². The summed E-state index contributed by atoms with van der Waals surface area (Å²) in [5.41, 5.74) is 1.23. The molecule has 2 amide bonds. The first kappa shape index (κ1) is 19.4. The molecule has 1 N–H and O–H groups in total. The summed E-state index contributed by atoms with van der Waals surface area (Å²) in [6.07, 6.45) is 1.88. The molecular weight excluding hydrogens is 372 g/mol. The quantitative estimate of drug-likeness (QED) is 0.845. The number of amides is 2. The van der Waals surface area contributed by atoms with Crippen molar-refractivity contribution in [1.29, 1.82) is 0 Å². The Morgan fingerprint density at radius 3 is 2.76 bits per heavy atom. The second-order valence-corrected chi connectivity index (χ2v) is 7.61. The van der Waals surface area contributed by atoms with Crippen molar-refractivity contribution in [2.45, 2.75) is 38.3 Å². The Labute approximate surface area is 168 Å². The Kier molecular flexibility index (Phi) is 5.49. The number of ether oxygens (including phenoxy) is 1. The summed E-state index contributed by atoms with van der Waals surface area (Å²) >= 11 is 0. The van der Waals surface area contributed by atoms with Crippen LogP contribution < -0.4 is 10.9 Å². The van der Waals surface area contributed by atoms with Gasteiger partial charge in [-0.25, -0.2) is 4.79 Å². The van der Waals surface area contributed by atoms with Gasteiger partial charge in [0.05, 0.1) is 12.1 Å². The minimum atomic E-state index is -0.607. The predicted molar refractivity (Wildman–Crippen MR) is 106 cm³/mol. The third kappa shape index (κ3) is 4.24. The monoisotopic (exact) mass is 396 g/mol. The van der Waals surface area contributed by atoms with Crippen LogP contribution in [0.4, 0.5) is 0 Å². The minimum absolute atomic E-state index is 0.0578. The van der Waals surface area contributed by atoms with E-state index in [0.29, 0.717) is 37.3 Å². The SMILES string of the molecule is Cc1cc(CCc2ccccc2)oc(=O)c1C(=O)N1CC[C@H]2OCC(=O)N[C@H]2C1. The Balaban J connectivity index is 1.47. The fourth-order valence-electron chi connectivity index (χ4n) is 4.01. The molecule has 2 aromatic rings. The molecule has 152 valence electrons. The van der Waals surface area contributed by atoms with Crippen LogP contribution in [0.25, 0.3) is 0 Å². The number of likely N-dealkylation sites (tertiary alicyclic amines) is 1. The number of hydrogen-bond acceptors (Lipinski definition) is 5. The highest BCUT2D eigenvalue weighted by Crippen LogP contribution is 2.20. The molecular formula is C22H24N2O5. The Bertz CT molecular complexity index is 969. The van der Waals surface area contributed by atoms with Gasteiger partial charge in [0.15, 0.2) is 0 Å². The first-order chi connectivity index (χ1) is 14.0. The van der Waals surface area contributed by atoms with Gasteiger partial charge < -0.3 is 19.4 Å². The molecule has 4 rings (SSSR count). The lowest BCUT2D eigenvalue weighted by Gasteiger charge is -2.41. The highest BCUT2D eigenvalue weighted by molar-refractivity contribution is 5.95. The molecule has 2 fully saturated rings. The number of nitrogens with zero attached hydrogens (tertiary/aromatic N) is 1. The highest BCUT2D eigenvalue weighted by atomic mass is 16.5. The highest BCUT2D eigenvalue weighted by Gasteiger charge is 2.37. The summed E-state index contributed by atoms with van der Waals surface area (Å²) in [7, 11) is 0. The van der Waals surface area contributed by atoms with Crippen LogP contribution in [-0.4, -0.2) is 48.6 Å². The smallest absolute Gasteiger partial charge is 0.349 e. The van der Waals surface area contributed by atoms with Crippen molar-refractivity contribution in [2.24, 2.45) is 0 Å². The van der Waals surface area contributed by atoms with Gasteiger partial charge in [0.2, 0.25) is 5.91 Å². The van der Waals surface area contributed by atoms with Crippen LogP contribution in [0.3, 0.4) is 0 Å². The number of carbonyl (C=O) groups is 2. The van der Waals surface area contributed by atoms with Crippen LogP contribution >= 0.6 is 0 Å². The summed E-state index contributed by atoms with van der Waals surface area (Å²) in [5.74, 6) is 0.0303. The van der Waals surface area contributed by atoms with Crippen molar-refractivity contribution >= 4 is 11.8 Å². The summed E-state index contributed by atoms with van der Waals surface area (Å²) in [5, 5.41) is 2.87. The van der Waals surface area contributed by atoms with E-state index in [2.05, 4.69) is 5.32 Å². The molecule has 0 bridgehead atoms. The molecule has 0 radical (unpaired) electrons. The van der Waals surface area contributed by atoms with Crippen molar-refractivity contribution in [2.75, 3.05) is 19.7 Å². The van der Waals surface area contributed by atoms with E-state index in [1.165, 1.54) is 0 Å². The number of morpholine rings is 1. The molecule has 0 saturated carbocycles. The maximum atomic E-state index is 13.0. The van der Waals surface area contributed by atoms with E-state index in [4.69, 9.17) is 9.15 Å². The first-order valence-electron chi connectivity index (χ1n) is 9.89. The van der Waals surface area contributed by atoms with Crippen molar-refractivity contribution in [3.05, 3.63) is 69.3 Å². The van der Waals surface area contributed by atoms with Gasteiger partial charge in [0.1, 0.15) is 17.9 Å². The number of rotatable bonds is 4. The number of fused-ring (bicyclic) bond motifs is 1. The molecule has 0 spiro atoms. The van der Waals surface area contributed by atoms with Crippen LogP contribution in [0.5, 0.6) is 0 Å². The first-order valence-corrected chi connectivity index (χ1v) is 9.89. The van der Waals surface area contributed by atoms with Crippen LogP contribution in [-0.2, 0) is 22.4 Å². The average Bonchev–Trinajstić information content (AvgIpc) is 2.72. The second kappa shape index (κ2) is 8.21. The third-order valence-electron chi connectivity index (χ3n) is 5.53. The van der Waals surface area contributed by atoms with Crippen molar-refractivity contribution in [3.8, 4) is 0 Å². The molecule has 2 aliphatic heterocycles. The fraction of sp³-hybridized carbons (Fsp3) is 0.409. The summed E-state index contributed by atoms with van der Waals surface area (Å²) in [4.78, 5) is 38.7. The maximum Gasteiger partial charge on any atom is 0.349 e. The minimum Gasteiger partial charge on any atom is -0.427 e. The molecule has 3 heterocycles. The number of piperidine rings is 1. The van der Waals surface area contributed by atoms with Crippen LogP contribution in [0.15, 0.2) is 45.6 Å². The van der Waals surface area contributed by atoms with E-state index in [1.54, 1.807) is 17.9 Å². The number of benzene rings is 1.